The number of piperazine rings is 1. The van der Waals surface area contributed by atoms with Crippen LogP contribution in [0.4, 0.5) is 5.82 Å². The molecule has 2 aromatic rings. The lowest BCUT2D eigenvalue weighted by Crippen LogP contribution is -2.47. The first kappa shape index (κ1) is 13.8. The molecular weight excluding hydrogens is 264 g/mol. The fourth-order valence-electron chi connectivity index (χ4n) is 2.75. The third-order valence-corrected chi connectivity index (χ3v) is 3.91. The molecule has 108 valence electrons. The summed E-state index contributed by atoms with van der Waals surface area (Å²) in [5, 5.41) is 19.4. The van der Waals surface area contributed by atoms with E-state index < -0.39 is 0 Å². The van der Waals surface area contributed by atoms with Gasteiger partial charge in [-0.2, -0.15) is 5.26 Å². The second kappa shape index (κ2) is 6.08. The molecule has 0 aliphatic carbocycles. The quantitative estimate of drug-likeness (QED) is 0.917. The third-order valence-electron chi connectivity index (χ3n) is 3.91. The van der Waals surface area contributed by atoms with Crippen molar-refractivity contribution in [2.24, 2.45) is 0 Å². The second-order valence-corrected chi connectivity index (χ2v) is 5.22. The van der Waals surface area contributed by atoms with Crippen LogP contribution >= 0.6 is 0 Å². The van der Waals surface area contributed by atoms with Crippen LogP contribution in [0.5, 0.6) is 0 Å². The number of pyridine rings is 1. The molecule has 0 unspecified atom stereocenters. The maximum absolute atomic E-state index is 9.38. The largest absolute Gasteiger partial charge is 0.395 e. The molecule has 3 rings (SSSR count). The van der Waals surface area contributed by atoms with Crippen LogP contribution in [0, 0.1) is 11.3 Å². The first-order valence-electron chi connectivity index (χ1n) is 7.20. The lowest BCUT2D eigenvalue weighted by atomic mass is 10.1. The summed E-state index contributed by atoms with van der Waals surface area (Å²) in [5.41, 5.74) is 1.55. The molecule has 1 fully saturated rings. The smallest absolute Gasteiger partial charge is 0.147 e. The monoisotopic (exact) mass is 282 g/mol. The summed E-state index contributed by atoms with van der Waals surface area (Å²) in [4.78, 5) is 9.07. The zero-order valence-corrected chi connectivity index (χ0v) is 11.9. The first-order chi connectivity index (χ1) is 10.3. The molecule has 21 heavy (non-hydrogen) atoms. The molecule has 0 atom stereocenters. The Hall–Kier alpha value is -2.16. The van der Waals surface area contributed by atoms with E-state index in [2.05, 4.69) is 20.9 Å². The van der Waals surface area contributed by atoms with Crippen molar-refractivity contribution in [3.63, 3.8) is 0 Å². The lowest BCUT2D eigenvalue weighted by molar-refractivity contribution is 0.188. The molecule has 1 aromatic heterocycles. The maximum atomic E-state index is 9.38. The molecular formula is C16H18N4O. The SMILES string of the molecule is N#Cc1cc2ccccc2nc1N1CCN(CCO)CC1. The molecule has 1 saturated heterocycles. The summed E-state index contributed by atoms with van der Waals surface area (Å²) in [6, 6.07) is 12.1. The zero-order valence-electron chi connectivity index (χ0n) is 11.9. The number of β-amino-alcohol motifs (C(OH)–C–C–N with tert-alkyl or cyclic N) is 1. The van der Waals surface area contributed by atoms with Crippen molar-refractivity contribution < 1.29 is 5.11 Å². The van der Waals surface area contributed by atoms with Crippen molar-refractivity contribution in [3.05, 3.63) is 35.9 Å². The van der Waals surface area contributed by atoms with E-state index >= 15 is 0 Å². The average Bonchev–Trinajstić information content (AvgIpc) is 2.54. The topological polar surface area (TPSA) is 63.4 Å². The van der Waals surface area contributed by atoms with Crippen LogP contribution in [0.2, 0.25) is 0 Å². The Morgan fingerprint density at radius 1 is 1.19 bits per heavy atom. The minimum Gasteiger partial charge on any atom is -0.395 e. The number of aliphatic hydroxyl groups is 1. The number of nitriles is 1. The van der Waals surface area contributed by atoms with Gasteiger partial charge in [0, 0.05) is 38.1 Å². The Labute approximate surface area is 124 Å². The number of fused-ring (bicyclic) bond motifs is 1. The summed E-state index contributed by atoms with van der Waals surface area (Å²) in [6.45, 7) is 4.35. The molecule has 0 saturated carbocycles. The summed E-state index contributed by atoms with van der Waals surface area (Å²) in [7, 11) is 0. The minimum atomic E-state index is 0.192. The Balaban J connectivity index is 1.88. The number of benzene rings is 1. The Morgan fingerprint density at radius 2 is 1.95 bits per heavy atom. The van der Waals surface area contributed by atoms with Gasteiger partial charge in [0.1, 0.15) is 11.9 Å². The van der Waals surface area contributed by atoms with Crippen molar-refractivity contribution in [1.29, 1.82) is 5.26 Å². The van der Waals surface area contributed by atoms with Crippen LogP contribution in [0.1, 0.15) is 5.56 Å². The molecule has 1 aliphatic rings. The number of rotatable bonds is 3. The number of aliphatic hydroxyl groups excluding tert-OH is 1. The molecule has 5 nitrogen and oxygen atoms in total. The van der Waals surface area contributed by atoms with E-state index in [1.165, 1.54) is 0 Å². The number of hydrogen-bond donors (Lipinski definition) is 1. The number of aromatic nitrogens is 1. The van der Waals surface area contributed by atoms with Crippen molar-refractivity contribution >= 4 is 16.7 Å². The van der Waals surface area contributed by atoms with E-state index in [0.29, 0.717) is 12.1 Å². The fourth-order valence-corrected chi connectivity index (χ4v) is 2.75. The van der Waals surface area contributed by atoms with Crippen LogP contribution in [-0.2, 0) is 0 Å². The molecule has 5 heteroatoms. The Kier molecular flexibility index (Phi) is 4.00. The predicted molar refractivity (Wildman–Crippen MR) is 82.2 cm³/mol. The number of anilines is 1. The summed E-state index contributed by atoms with van der Waals surface area (Å²) in [5.74, 6) is 0.778. The second-order valence-electron chi connectivity index (χ2n) is 5.22. The van der Waals surface area contributed by atoms with Crippen molar-refractivity contribution in [2.75, 3.05) is 44.2 Å². The maximum Gasteiger partial charge on any atom is 0.147 e. The molecule has 2 heterocycles. The van der Waals surface area contributed by atoms with Crippen molar-refractivity contribution in [3.8, 4) is 6.07 Å². The van der Waals surface area contributed by atoms with Gasteiger partial charge in [-0.25, -0.2) is 4.98 Å². The predicted octanol–water partition coefficient (Wildman–Crippen LogP) is 1.22. The molecule has 0 spiro atoms. The van der Waals surface area contributed by atoms with E-state index in [0.717, 1.165) is 42.9 Å². The summed E-state index contributed by atoms with van der Waals surface area (Å²) < 4.78 is 0. The van der Waals surface area contributed by atoms with Crippen LogP contribution < -0.4 is 4.90 Å². The van der Waals surface area contributed by atoms with Gasteiger partial charge in [0.2, 0.25) is 0 Å². The summed E-state index contributed by atoms with van der Waals surface area (Å²) >= 11 is 0. The highest BCUT2D eigenvalue weighted by Gasteiger charge is 2.20. The molecule has 1 N–H and O–H groups in total. The van der Waals surface area contributed by atoms with Crippen molar-refractivity contribution in [1.82, 2.24) is 9.88 Å². The first-order valence-corrected chi connectivity index (χ1v) is 7.20. The van der Waals surface area contributed by atoms with E-state index in [4.69, 9.17) is 5.11 Å². The van der Waals surface area contributed by atoms with Gasteiger partial charge in [0.25, 0.3) is 0 Å². The standard InChI is InChI=1S/C16H18N4O/c17-12-14-11-13-3-1-2-4-15(13)18-16(14)20-7-5-19(6-8-20)9-10-21/h1-4,11,21H,5-10H2. The van der Waals surface area contributed by atoms with Crippen LogP contribution in [0.25, 0.3) is 10.9 Å². The fraction of sp³-hybridized carbons (Fsp3) is 0.375. The van der Waals surface area contributed by atoms with Crippen molar-refractivity contribution in [2.45, 2.75) is 0 Å². The van der Waals surface area contributed by atoms with E-state index in [1.807, 2.05) is 30.3 Å². The summed E-state index contributed by atoms with van der Waals surface area (Å²) in [6.07, 6.45) is 0. The highest BCUT2D eigenvalue weighted by atomic mass is 16.3. The molecule has 0 amide bonds. The normalized spacial score (nSPS) is 16.1. The van der Waals surface area contributed by atoms with Crippen LogP contribution in [-0.4, -0.2) is 54.3 Å². The van der Waals surface area contributed by atoms with Crippen LogP contribution in [0.15, 0.2) is 30.3 Å². The van der Waals surface area contributed by atoms with E-state index in [1.54, 1.807) is 0 Å². The van der Waals surface area contributed by atoms with Gasteiger partial charge in [-0.3, -0.25) is 4.90 Å². The van der Waals surface area contributed by atoms with Gasteiger partial charge in [-0.1, -0.05) is 18.2 Å². The highest BCUT2D eigenvalue weighted by Crippen LogP contribution is 2.24. The minimum absolute atomic E-state index is 0.192. The lowest BCUT2D eigenvalue weighted by Gasteiger charge is -2.35. The third kappa shape index (κ3) is 2.82. The number of para-hydroxylation sites is 1. The van der Waals surface area contributed by atoms with E-state index in [9.17, 15) is 5.26 Å². The molecule has 0 bridgehead atoms. The van der Waals surface area contributed by atoms with Gasteiger partial charge in [-0.15, -0.1) is 0 Å². The van der Waals surface area contributed by atoms with E-state index in [-0.39, 0.29) is 6.61 Å². The molecule has 0 radical (unpaired) electrons. The Bertz CT molecular complexity index is 672. The number of nitrogens with zero attached hydrogens (tertiary/aromatic N) is 4. The molecule has 1 aliphatic heterocycles. The highest BCUT2D eigenvalue weighted by molar-refractivity contribution is 5.83. The Morgan fingerprint density at radius 3 is 2.67 bits per heavy atom. The van der Waals surface area contributed by atoms with Gasteiger partial charge in [0.05, 0.1) is 17.7 Å². The zero-order chi connectivity index (χ0) is 14.7. The van der Waals surface area contributed by atoms with Gasteiger partial charge < -0.3 is 10.0 Å². The van der Waals surface area contributed by atoms with Gasteiger partial charge in [-0.05, 0) is 12.1 Å². The average molecular weight is 282 g/mol. The van der Waals surface area contributed by atoms with Crippen LogP contribution in [0.3, 0.4) is 0 Å². The molecule has 1 aromatic carbocycles. The van der Waals surface area contributed by atoms with Gasteiger partial charge >= 0.3 is 0 Å². The number of hydrogen-bond acceptors (Lipinski definition) is 5. The van der Waals surface area contributed by atoms with Gasteiger partial charge in [0.15, 0.2) is 0 Å².